The number of carbonyl (C=O) groups is 1. The molecule has 6 rings (SSSR count). The van der Waals surface area contributed by atoms with Gasteiger partial charge in [-0.1, -0.05) is 0 Å². The summed E-state index contributed by atoms with van der Waals surface area (Å²) in [5, 5.41) is 22.1. The summed E-state index contributed by atoms with van der Waals surface area (Å²) in [5.74, 6) is -4.24. The van der Waals surface area contributed by atoms with E-state index in [1.165, 1.54) is 18.6 Å². The Balaban J connectivity index is 0.00000132. The van der Waals surface area contributed by atoms with E-state index in [9.17, 15) is 18.8 Å². The second kappa shape index (κ2) is 11.3. The lowest BCUT2D eigenvalue weighted by molar-refractivity contribution is -0.0412. The van der Waals surface area contributed by atoms with Crippen molar-refractivity contribution in [1.82, 2.24) is 44.5 Å². The van der Waals surface area contributed by atoms with Gasteiger partial charge < -0.3 is 15.0 Å². The smallest absolute Gasteiger partial charge is 0.303 e. The van der Waals surface area contributed by atoms with Crippen LogP contribution in [-0.4, -0.2) is 94.8 Å². The molecule has 216 valence electrons. The van der Waals surface area contributed by atoms with Crippen molar-refractivity contribution in [2.45, 2.75) is 43.7 Å². The summed E-state index contributed by atoms with van der Waals surface area (Å²) in [6, 6.07) is 5.87. The quantitative estimate of drug-likeness (QED) is 0.359. The molecule has 6 heterocycles. The van der Waals surface area contributed by atoms with Gasteiger partial charge in [0.1, 0.15) is 23.2 Å². The minimum atomic E-state index is -3.21. The topological polar surface area (TPSA) is 153 Å². The largest absolute Gasteiger partial charge is 0.400 e. The van der Waals surface area contributed by atoms with Gasteiger partial charge in [-0.2, -0.15) is 19.1 Å². The number of carbonyl (C=O) groups excluding carboxylic acids is 1. The fraction of sp³-hybridized carbons (Fsp3) is 0.444. The van der Waals surface area contributed by atoms with Gasteiger partial charge in [-0.25, -0.2) is 19.9 Å². The fourth-order valence-electron chi connectivity index (χ4n) is 5.55. The number of aliphatic hydroxyl groups excluding tert-OH is 1. The summed E-state index contributed by atoms with van der Waals surface area (Å²) < 4.78 is 29.1. The predicted molar refractivity (Wildman–Crippen MR) is 146 cm³/mol. The van der Waals surface area contributed by atoms with Crippen molar-refractivity contribution < 1.29 is 20.1 Å². The van der Waals surface area contributed by atoms with Gasteiger partial charge >= 0.3 is 5.92 Å². The molecule has 0 unspecified atom stereocenters. The molecule has 41 heavy (non-hydrogen) atoms. The number of fused-ring (bicyclic) bond motifs is 1. The highest BCUT2D eigenvalue weighted by Gasteiger charge is 2.48. The number of likely N-dealkylation sites (tertiary alicyclic amines) is 2. The summed E-state index contributed by atoms with van der Waals surface area (Å²) in [6.45, 7) is 3.05. The summed E-state index contributed by atoms with van der Waals surface area (Å²) in [7, 11) is 1.00. The molecule has 2 fully saturated rings. The van der Waals surface area contributed by atoms with Crippen LogP contribution in [0.3, 0.4) is 0 Å². The van der Waals surface area contributed by atoms with E-state index in [1.807, 2.05) is 23.1 Å². The number of nitriles is 1. The summed E-state index contributed by atoms with van der Waals surface area (Å²) in [5.41, 5.74) is 1.94. The molecule has 2 N–H and O–H groups in total. The van der Waals surface area contributed by atoms with Crippen LogP contribution in [0.15, 0.2) is 43.2 Å². The zero-order valence-corrected chi connectivity index (χ0v) is 22.7. The first-order valence-corrected chi connectivity index (χ1v) is 13.2. The third-order valence-corrected chi connectivity index (χ3v) is 7.63. The van der Waals surface area contributed by atoms with E-state index in [1.54, 1.807) is 11.1 Å². The van der Waals surface area contributed by atoms with Crippen LogP contribution in [0.4, 0.5) is 8.78 Å². The van der Waals surface area contributed by atoms with Crippen LogP contribution in [0.1, 0.15) is 43.9 Å². The number of amides is 1. The first kappa shape index (κ1) is 28.2. The van der Waals surface area contributed by atoms with Gasteiger partial charge in [0, 0.05) is 77.2 Å². The molecule has 2 saturated heterocycles. The van der Waals surface area contributed by atoms with Crippen molar-refractivity contribution in [1.29, 1.82) is 5.26 Å². The molecule has 0 radical (unpaired) electrons. The molecule has 4 aromatic heterocycles. The minimum absolute atomic E-state index is 0. The van der Waals surface area contributed by atoms with Crippen LogP contribution in [-0.2, 0) is 11.5 Å². The molecule has 4 aromatic rings. The zero-order chi connectivity index (χ0) is 29.2. The number of hydrogen-bond acceptors (Lipinski definition) is 9. The number of aromatic amines is 1. The Morgan fingerprint density at radius 2 is 2.00 bits per heavy atom. The summed E-state index contributed by atoms with van der Waals surface area (Å²) >= 11 is 0. The van der Waals surface area contributed by atoms with Crippen LogP contribution in [0, 0.1) is 11.3 Å². The van der Waals surface area contributed by atoms with Gasteiger partial charge in [0.05, 0.1) is 24.4 Å². The molecule has 0 spiro atoms. The highest BCUT2D eigenvalue weighted by molar-refractivity contribution is 5.92. The standard InChI is InChI=1S/C26H26F2N10O.CH4O.H2/c1-25(27,28)24-31-9-3-20(35-24)23(39)36-10-4-18(5-11-36)37-14-26(15-37,6-7-29)38-13-17(12-34-38)21-19-2-8-30-22(19)33-16-32-21;1-2;/h2-3,8-9,12-13,16,18H,4-6,10-11,14-15H2,1H3,(H,30,32,33);2H,1H3;1H. The van der Waals surface area contributed by atoms with Crippen LogP contribution in [0.2, 0.25) is 0 Å². The third kappa shape index (κ3) is 5.38. The van der Waals surface area contributed by atoms with E-state index < -0.39 is 17.3 Å². The monoisotopic (exact) mass is 566 g/mol. The molecule has 2 aliphatic rings. The molecule has 14 heteroatoms. The lowest BCUT2D eigenvalue weighted by Crippen LogP contribution is -2.66. The Hall–Kier alpha value is -4.35. The van der Waals surface area contributed by atoms with Crippen molar-refractivity contribution in [2.75, 3.05) is 33.3 Å². The number of alkyl halides is 2. The number of halogens is 2. The molecule has 0 aliphatic carbocycles. The summed E-state index contributed by atoms with van der Waals surface area (Å²) in [6.07, 6.45) is 10.1. The number of aliphatic hydroxyl groups is 1. The maximum Gasteiger partial charge on any atom is 0.303 e. The van der Waals surface area contributed by atoms with E-state index in [0.717, 1.165) is 42.2 Å². The Labute approximate surface area is 236 Å². The third-order valence-electron chi connectivity index (χ3n) is 7.63. The average molecular weight is 567 g/mol. The predicted octanol–water partition coefficient (Wildman–Crippen LogP) is 2.81. The van der Waals surface area contributed by atoms with Crippen molar-refractivity contribution in [3.63, 3.8) is 0 Å². The number of nitrogens with zero attached hydrogens (tertiary/aromatic N) is 9. The van der Waals surface area contributed by atoms with Crippen molar-refractivity contribution in [3.8, 4) is 17.3 Å². The normalized spacial score (nSPS) is 17.4. The van der Waals surface area contributed by atoms with Gasteiger partial charge in [-0.3, -0.25) is 14.4 Å². The van der Waals surface area contributed by atoms with E-state index in [2.05, 4.69) is 41.0 Å². The van der Waals surface area contributed by atoms with Gasteiger partial charge in [0.2, 0.25) is 0 Å². The van der Waals surface area contributed by atoms with E-state index >= 15 is 0 Å². The van der Waals surface area contributed by atoms with Gasteiger partial charge in [0.15, 0.2) is 5.82 Å². The Morgan fingerprint density at radius 3 is 2.71 bits per heavy atom. The Kier molecular flexibility index (Phi) is 7.74. The number of rotatable bonds is 6. The number of aromatic nitrogens is 7. The summed E-state index contributed by atoms with van der Waals surface area (Å²) in [4.78, 5) is 36.1. The molecule has 0 bridgehead atoms. The second-order valence-electron chi connectivity index (χ2n) is 10.3. The number of H-pyrrole nitrogens is 1. The fourth-order valence-corrected chi connectivity index (χ4v) is 5.55. The number of nitrogens with one attached hydrogen (secondary N) is 1. The van der Waals surface area contributed by atoms with E-state index in [-0.39, 0.29) is 19.1 Å². The highest BCUT2D eigenvalue weighted by Crippen LogP contribution is 2.37. The molecule has 1 amide bonds. The lowest BCUT2D eigenvalue weighted by Gasteiger charge is -2.53. The van der Waals surface area contributed by atoms with Crippen LogP contribution in [0.25, 0.3) is 22.3 Å². The van der Waals surface area contributed by atoms with Crippen LogP contribution in [0.5, 0.6) is 0 Å². The van der Waals surface area contributed by atoms with Crippen molar-refractivity contribution >= 4 is 16.9 Å². The first-order valence-electron chi connectivity index (χ1n) is 13.2. The first-order chi connectivity index (χ1) is 19.8. The highest BCUT2D eigenvalue weighted by atomic mass is 19.3. The molecular formula is C27H32F2N10O2. The van der Waals surface area contributed by atoms with Crippen LogP contribution < -0.4 is 0 Å². The Bertz CT molecular complexity index is 1570. The maximum absolute atomic E-state index is 13.6. The van der Waals surface area contributed by atoms with Crippen molar-refractivity contribution in [3.05, 3.63) is 54.8 Å². The molecule has 0 aromatic carbocycles. The Morgan fingerprint density at radius 1 is 1.24 bits per heavy atom. The van der Waals surface area contributed by atoms with Gasteiger partial charge in [0.25, 0.3) is 5.91 Å². The second-order valence-corrected chi connectivity index (χ2v) is 10.3. The van der Waals surface area contributed by atoms with Crippen LogP contribution >= 0.6 is 0 Å². The van der Waals surface area contributed by atoms with E-state index in [4.69, 9.17) is 5.11 Å². The molecule has 0 atom stereocenters. The minimum Gasteiger partial charge on any atom is -0.400 e. The van der Waals surface area contributed by atoms with Gasteiger partial charge in [-0.15, -0.1) is 0 Å². The average Bonchev–Trinajstić information content (AvgIpc) is 3.66. The SMILES string of the molecule is CC(F)(F)c1nccc(C(=O)N2CCC(N3CC(CC#N)(n4cc(-c5ncnc6[nH]ccc56)cn4)C3)CC2)n1.CO.[HH]. The number of piperidine rings is 1. The maximum atomic E-state index is 13.6. The number of hydrogen-bond donors (Lipinski definition) is 2. The van der Waals surface area contributed by atoms with Gasteiger partial charge in [-0.05, 0) is 25.0 Å². The zero-order valence-electron chi connectivity index (χ0n) is 22.7. The van der Waals surface area contributed by atoms with Crippen molar-refractivity contribution in [2.24, 2.45) is 0 Å². The lowest BCUT2D eigenvalue weighted by atomic mass is 9.83. The molecular weight excluding hydrogens is 534 g/mol. The molecule has 2 aliphatic heterocycles. The molecule has 12 nitrogen and oxygen atoms in total. The van der Waals surface area contributed by atoms with E-state index in [0.29, 0.717) is 39.5 Å². The molecule has 0 saturated carbocycles.